The SMILES string of the molecule is COc1ccc(S(=O)(=O)N(CC(=O)N2CCN(c3ccc(-c4ccccc4Cl)nn3)CC2)CC2CC2)cc1. The molecular formula is C27H30ClN5O4S. The van der Waals surface area contributed by atoms with Gasteiger partial charge in [0.15, 0.2) is 5.82 Å². The molecule has 1 aliphatic heterocycles. The summed E-state index contributed by atoms with van der Waals surface area (Å²) < 4.78 is 33.2. The number of hydrogen-bond donors (Lipinski definition) is 0. The molecule has 2 fully saturated rings. The molecular weight excluding hydrogens is 526 g/mol. The van der Waals surface area contributed by atoms with Crippen molar-refractivity contribution in [1.29, 1.82) is 0 Å². The maximum Gasteiger partial charge on any atom is 0.243 e. The molecule has 1 saturated heterocycles. The molecule has 9 nitrogen and oxygen atoms in total. The van der Waals surface area contributed by atoms with E-state index in [1.807, 2.05) is 36.4 Å². The molecule has 1 aromatic heterocycles. The van der Waals surface area contributed by atoms with Crippen LogP contribution in [0.25, 0.3) is 11.3 Å². The lowest BCUT2D eigenvalue weighted by Gasteiger charge is -2.36. The number of aromatic nitrogens is 2. The van der Waals surface area contributed by atoms with Gasteiger partial charge in [0.05, 0.1) is 29.3 Å². The van der Waals surface area contributed by atoms with E-state index in [1.165, 1.54) is 23.5 Å². The first-order valence-corrected chi connectivity index (χ1v) is 14.4. The number of hydrogen-bond acceptors (Lipinski definition) is 7. The van der Waals surface area contributed by atoms with E-state index in [0.29, 0.717) is 55.1 Å². The Balaban J connectivity index is 1.21. The first kappa shape index (κ1) is 26.4. The van der Waals surface area contributed by atoms with E-state index in [9.17, 15) is 13.2 Å². The predicted octanol–water partition coefficient (Wildman–Crippen LogP) is 3.56. The summed E-state index contributed by atoms with van der Waals surface area (Å²) in [5.41, 5.74) is 1.52. The smallest absolute Gasteiger partial charge is 0.243 e. The zero-order chi connectivity index (χ0) is 26.7. The van der Waals surface area contributed by atoms with E-state index < -0.39 is 10.0 Å². The molecule has 2 heterocycles. The lowest BCUT2D eigenvalue weighted by Crippen LogP contribution is -2.52. The minimum atomic E-state index is -3.81. The highest BCUT2D eigenvalue weighted by molar-refractivity contribution is 7.89. The van der Waals surface area contributed by atoms with Crippen molar-refractivity contribution >= 4 is 33.3 Å². The predicted molar refractivity (Wildman–Crippen MR) is 146 cm³/mol. The normalized spacial score (nSPS) is 16.1. The number of carbonyl (C=O) groups is 1. The number of sulfonamides is 1. The van der Waals surface area contributed by atoms with Crippen LogP contribution in [0.1, 0.15) is 12.8 Å². The van der Waals surface area contributed by atoms with E-state index in [4.69, 9.17) is 16.3 Å². The summed E-state index contributed by atoms with van der Waals surface area (Å²) in [5.74, 6) is 1.42. The molecule has 0 radical (unpaired) electrons. The number of carbonyl (C=O) groups excluding carboxylic acids is 1. The summed E-state index contributed by atoms with van der Waals surface area (Å²) in [7, 11) is -2.28. The topological polar surface area (TPSA) is 95.9 Å². The molecule has 0 unspecified atom stereocenters. The van der Waals surface area contributed by atoms with Crippen molar-refractivity contribution < 1.29 is 17.9 Å². The fraction of sp³-hybridized carbons (Fsp3) is 0.370. The minimum Gasteiger partial charge on any atom is -0.497 e. The third-order valence-corrected chi connectivity index (χ3v) is 9.08. The second kappa shape index (κ2) is 11.3. The highest BCUT2D eigenvalue weighted by Gasteiger charge is 2.34. The number of amides is 1. The molecule has 0 spiro atoms. The Hall–Kier alpha value is -3.21. The monoisotopic (exact) mass is 555 g/mol. The van der Waals surface area contributed by atoms with Crippen LogP contribution >= 0.6 is 11.6 Å². The maximum absolute atomic E-state index is 13.4. The van der Waals surface area contributed by atoms with E-state index >= 15 is 0 Å². The number of rotatable bonds is 9. The Morgan fingerprint density at radius 2 is 1.71 bits per heavy atom. The maximum atomic E-state index is 13.4. The summed E-state index contributed by atoms with van der Waals surface area (Å²) in [6, 6.07) is 17.6. The molecule has 2 aliphatic rings. The van der Waals surface area contributed by atoms with Crippen molar-refractivity contribution in [1.82, 2.24) is 19.4 Å². The molecule has 0 atom stereocenters. The van der Waals surface area contributed by atoms with Gasteiger partial charge in [0.25, 0.3) is 0 Å². The Bertz CT molecular complexity index is 1370. The average Bonchev–Trinajstić information content (AvgIpc) is 3.77. The summed E-state index contributed by atoms with van der Waals surface area (Å²) in [4.78, 5) is 17.2. The number of nitrogens with zero attached hydrogens (tertiary/aromatic N) is 5. The Labute approximate surface area is 228 Å². The third-order valence-electron chi connectivity index (χ3n) is 6.92. The van der Waals surface area contributed by atoms with Gasteiger partial charge in [0, 0.05) is 38.3 Å². The van der Waals surface area contributed by atoms with Gasteiger partial charge in [0.1, 0.15) is 5.75 Å². The van der Waals surface area contributed by atoms with Gasteiger partial charge in [-0.3, -0.25) is 4.79 Å². The van der Waals surface area contributed by atoms with Gasteiger partial charge in [-0.15, -0.1) is 10.2 Å². The molecule has 1 aliphatic carbocycles. The van der Waals surface area contributed by atoms with Gasteiger partial charge in [-0.1, -0.05) is 29.8 Å². The molecule has 0 N–H and O–H groups in total. The second-order valence-corrected chi connectivity index (χ2v) is 11.9. The lowest BCUT2D eigenvalue weighted by molar-refractivity contribution is -0.131. The fourth-order valence-electron chi connectivity index (χ4n) is 4.48. The molecule has 0 bridgehead atoms. The van der Waals surface area contributed by atoms with Gasteiger partial charge in [-0.05, 0) is 61.2 Å². The van der Waals surface area contributed by atoms with Crippen molar-refractivity contribution in [3.05, 3.63) is 65.7 Å². The Kier molecular flexibility index (Phi) is 7.83. The largest absolute Gasteiger partial charge is 0.497 e. The van der Waals surface area contributed by atoms with Gasteiger partial charge >= 0.3 is 0 Å². The molecule has 2 aromatic carbocycles. The van der Waals surface area contributed by atoms with Crippen LogP contribution < -0.4 is 9.64 Å². The first-order valence-electron chi connectivity index (χ1n) is 12.6. The summed E-state index contributed by atoms with van der Waals surface area (Å²) in [6.45, 7) is 2.31. The van der Waals surface area contributed by atoms with Gasteiger partial charge in [-0.2, -0.15) is 4.31 Å². The van der Waals surface area contributed by atoms with Crippen molar-refractivity contribution in [3.63, 3.8) is 0 Å². The van der Waals surface area contributed by atoms with E-state index in [2.05, 4.69) is 15.1 Å². The Morgan fingerprint density at radius 3 is 2.32 bits per heavy atom. The second-order valence-electron chi connectivity index (χ2n) is 9.54. The van der Waals surface area contributed by atoms with Crippen LogP contribution in [0.3, 0.4) is 0 Å². The van der Waals surface area contributed by atoms with E-state index in [1.54, 1.807) is 17.0 Å². The zero-order valence-electron chi connectivity index (χ0n) is 21.2. The van der Waals surface area contributed by atoms with Crippen molar-refractivity contribution in [2.24, 2.45) is 5.92 Å². The summed E-state index contributed by atoms with van der Waals surface area (Å²) in [6.07, 6.45) is 1.97. The molecule has 11 heteroatoms. The van der Waals surface area contributed by atoms with Crippen molar-refractivity contribution in [3.8, 4) is 17.0 Å². The van der Waals surface area contributed by atoms with Crippen LogP contribution in [0.15, 0.2) is 65.6 Å². The van der Waals surface area contributed by atoms with Crippen LogP contribution in [0.5, 0.6) is 5.75 Å². The molecule has 38 heavy (non-hydrogen) atoms. The van der Waals surface area contributed by atoms with Gasteiger partial charge in [-0.25, -0.2) is 8.42 Å². The zero-order valence-corrected chi connectivity index (χ0v) is 22.7. The standard InChI is InChI=1S/C27H30ClN5O4S/c1-37-21-8-10-22(11-9-21)38(35,36)33(18-20-6-7-20)19-27(34)32-16-14-31(15-17-32)26-13-12-25(29-30-26)23-4-2-3-5-24(23)28/h2-5,8-13,20H,6-7,14-19H2,1H3. The molecule has 5 rings (SSSR count). The first-order chi connectivity index (χ1) is 18.3. The fourth-order valence-corrected chi connectivity index (χ4v) is 6.17. The van der Waals surface area contributed by atoms with Crippen LogP contribution in [0, 0.1) is 5.92 Å². The number of piperazine rings is 1. The van der Waals surface area contributed by atoms with E-state index in [0.717, 1.165) is 24.2 Å². The van der Waals surface area contributed by atoms with Crippen LogP contribution in [-0.4, -0.2) is 80.1 Å². The number of ether oxygens (including phenoxy) is 1. The quantitative estimate of drug-likeness (QED) is 0.398. The molecule has 1 saturated carbocycles. The van der Waals surface area contributed by atoms with E-state index in [-0.39, 0.29) is 17.3 Å². The van der Waals surface area contributed by atoms with Gasteiger partial charge in [0.2, 0.25) is 15.9 Å². The molecule has 1 amide bonds. The molecule has 200 valence electrons. The number of benzene rings is 2. The minimum absolute atomic E-state index is 0.162. The van der Waals surface area contributed by atoms with Crippen molar-refractivity contribution in [2.45, 2.75) is 17.7 Å². The highest BCUT2D eigenvalue weighted by Crippen LogP contribution is 2.32. The number of halogens is 1. The third kappa shape index (κ3) is 5.92. The van der Waals surface area contributed by atoms with Gasteiger partial charge < -0.3 is 14.5 Å². The lowest BCUT2D eigenvalue weighted by atomic mass is 10.1. The summed E-state index contributed by atoms with van der Waals surface area (Å²) >= 11 is 6.27. The van der Waals surface area contributed by atoms with Crippen molar-refractivity contribution in [2.75, 3.05) is 51.3 Å². The van der Waals surface area contributed by atoms with Crippen LogP contribution in [0.4, 0.5) is 5.82 Å². The number of methoxy groups -OCH3 is 1. The van der Waals surface area contributed by atoms with Crippen LogP contribution in [-0.2, 0) is 14.8 Å². The Morgan fingerprint density at radius 1 is 1.00 bits per heavy atom. The van der Waals surface area contributed by atoms with Crippen LogP contribution in [0.2, 0.25) is 5.02 Å². The molecule has 3 aromatic rings. The highest BCUT2D eigenvalue weighted by atomic mass is 35.5. The number of anilines is 1. The summed E-state index contributed by atoms with van der Waals surface area (Å²) in [5, 5.41) is 9.33. The average molecular weight is 556 g/mol.